The Bertz CT molecular complexity index is 325. The van der Waals surface area contributed by atoms with E-state index in [9.17, 15) is 0 Å². The molecule has 0 amide bonds. The van der Waals surface area contributed by atoms with Crippen molar-refractivity contribution in [2.75, 3.05) is 0 Å². The van der Waals surface area contributed by atoms with Crippen molar-refractivity contribution in [3.8, 4) is 0 Å². The Hall–Kier alpha value is -0.820. The molecule has 0 aliphatic heterocycles. The van der Waals surface area contributed by atoms with Crippen LogP contribution in [0.3, 0.4) is 0 Å². The quantitative estimate of drug-likeness (QED) is 0.793. The third-order valence-electron chi connectivity index (χ3n) is 3.78. The van der Waals surface area contributed by atoms with E-state index in [1.165, 1.54) is 24.8 Å². The van der Waals surface area contributed by atoms with Gasteiger partial charge in [0.15, 0.2) is 0 Å². The van der Waals surface area contributed by atoms with Gasteiger partial charge in [-0.25, -0.2) is 0 Å². The average Bonchev–Trinajstić information content (AvgIpc) is 3.08. The molecule has 88 valence electrons. The van der Waals surface area contributed by atoms with Crippen molar-refractivity contribution in [3.63, 3.8) is 0 Å². The SMILES string of the molecule is CCC(NC1(c2ccccc2)CC1)C(C)C. The lowest BCUT2D eigenvalue weighted by Gasteiger charge is -2.28. The zero-order valence-corrected chi connectivity index (χ0v) is 10.7. The maximum Gasteiger partial charge on any atom is 0.0438 e. The second-order valence-corrected chi connectivity index (χ2v) is 5.35. The molecule has 1 N–H and O–H groups in total. The number of hydrogen-bond donors (Lipinski definition) is 1. The zero-order chi connectivity index (χ0) is 11.6. The molecule has 1 aliphatic carbocycles. The van der Waals surface area contributed by atoms with Gasteiger partial charge in [0.2, 0.25) is 0 Å². The first-order valence-corrected chi connectivity index (χ1v) is 6.51. The van der Waals surface area contributed by atoms with Crippen molar-refractivity contribution < 1.29 is 0 Å². The van der Waals surface area contributed by atoms with Crippen LogP contribution < -0.4 is 5.32 Å². The van der Waals surface area contributed by atoms with E-state index in [1.807, 2.05) is 0 Å². The molecule has 1 saturated carbocycles. The summed E-state index contributed by atoms with van der Waals surface area (Å²) < 4.78 is 0. The van der Waals surface area contributed by atoms with Crippen LogP contribution in [0.15, 0.2) is 30.3 Å². The molecule has 0 saturated heterocycles. The van der Waals surface area contributed by atoms with E-state index in [0.717, 1.165) is 0 Å². The molecule has 1 aromatic rings. The van der Waals surface area contributed by atoms with Crippen molar-refractivity contribution >= 4 is 0 Å². The molecule has 1 aliphatic rings. The van der Waals surface area contributed by atoms with Gasteiger partial charge in [0, 0.05) is 11.6 Å². The van der Waals surface area contributed by atoms with Crippen LogP contribution in [0, 0.1) is 5.92 Å². The summed E-state index contributed by atoms with van der Waals surface area (Å²) in [5, 5.41) is 3.87. The van der Waals surface area contributed by atoms with Gasteiger partial charge >= 0.3 is 0 Å². The molecule has 1 aromatic carbocycles. The third kappa shape index (κ3) is 2.30. The van der Waals surface area contributed by atoms with Gasteiger partial charge in [-0.3, -0.25) is 0 Å². The van der Waals surface area contributed by atoms with Crippen LogP contribution >= 0.6 is 0 Å². The Kier molecular flexibility index (Phi) is 3.34. The van der Waals surface area contributed by atoms with Gasteiger partial charge in [-0.05, 0) is 30.7 Å². The van der Waals surface area contributed by atoms with Crippen molar-refractivity contribution in [3.05, 3.63) is 35.9 Å². The van der Waals surface area contributed by atoms with Crippen molar-refractivity contribution in [2.24, 2.45) is 5.92 Å². The van der Waals surface area contributed by atoms with E-state index in [4.69, 9.17) is 0 Å². The predicted octanol–water partition coefficient (Wildman–Crippen LogP) is 3.70. The van der Waals surface area contributed by atoms with Crippen LogP contribution in [0.2, 0.25) is 0 Å². The molecular weight excluding hydrogens is 194 g/mol. The van der Waals surface area contributed by atoms with Gasteiger partial charge in [-0.15, -0.1) is 0 Å². The molecule has 1 unspecified atom stereocenters. The van der Waals surface area contributed by atoms with Gasteiger partial charge in [-0.2, -0.15) is 0 Å². The van der Waals surface area contributed by atoms with Crippen LogP contribution in [0.25, 0.3) is 0 Å². The first-order valence-electron chi connectivity index (χ1n) is 6.51. The highest BCUT2D eigenvalue weighted by Crippen LogP contribution is 2.46. The van der Waals surface area contributed by atoms with Gasteiger partial charge in [-0.1, -0.05) is 51.1 Å². The van der Waals surface area contributed by atoms with E-state index in [2.05, 4.69) is 56.4 Å². The normalized spacial score (nSPS) is 19.8. The lowest BCUT2D eigenvalue weighted by molar-refractivity contribution is 0.334. The van der Waals surface area contributed by atoms with Crippen molar-refractivity contribution in [1.29, 1.82) is 0 Å². The number of hydrogen-bond acceptors (Lipinski definition) is 1. The largest absolute Gasteiger partial charge is 0.304 e. The first-order chi connectivity index (χ1) is 7.68. The highest BCUT2D eigenvalue weighted by atomic mass is 15.1. The maximum atomic E-state index is 3.87. The minimum atomic E-state index is 0.298. The highest BCUT2D eigenvalue weighted by molar-refractivity contribution is 5.30. The Morgan fingerprint density at radius 1 is 1.19 bits per heavy atom. The lowest BCUT2D eigenvalue weighted by Crippen LogP contribution is -2.41. The Balaban J connectivity index is 2.09. The summed E-state index contributed by atoms with van der Waals surface area (Å²) in [6.45, 7) is 6.89. The second-order valence-electron chi connectivity index (χ2n) is 5.35. The molecule has 1 fully saturated rings. The van der Waals surface area contributed by atoms with Crippen molar-refractivity contribution in [1.82, 2.24) is 5.32 Å². The lowest BCUT2D eigenvalue weighted by atomic mass is 9.97. The fourth-order valence-electron chi connectivity index (χ4n) is 2.49. The number of benzene rings is 1. The van der Waals surface area contributed by atoms with Gasteiger partial charge < -0.3 is 5.32 Å². The first kappa shape index (κ1) is 11.7. The Labute approximate surface area is 99.3 Å². The van der Waals surface area contributed by atoms with Crippen LogP contribution in [0.4, 0.5) is 0 Å². The molecule has 16 heavy (non-hydrogen) atoms. The minimum absolute atomic E-state index is 0.298. The standard InChI is InChI=1S/C15H23N/c1-4-14(12(2)3)16-15(10-11-15)13-8-6-5-7-9-13/h5-9,12,14,16H,4,10-11H2,1-3H3. The Morgan fingerprint density at radius 3 is 2.25 bits per heavy atom. The minimum Gasteiger partial charge on any atom is -0.304 e. The summed E-state index contributed by atoms with van der Waals surface area (Å²) in [4.78, 5) is 0. The van der Waals surface area contributed by atoms with E-state index in [-0.39, 0.29) is 0 Å². The third-order valence-corrected chi connectivity index (χ3v) is 3.78. The molecule has 2 rings (SSSR count). The molecule has 0 heterocycles. The van der Waals surface area contributed by atoms with E-state index >= 15 is 0 Å². The zero-order valence-electron chi connectivity index (χ0n) is 10.7. The average molecular weight is 217 g/mol. The van der Waals surface area contributed by atoms with Gasteiger partial charge in [0.25, 0.3) is 0 Å². The van der Waals surface area contributed by atoms with Gasteiger partial charge in [0.1, 0.15) is 0 Å². The highest BCUT2D eigenvalue weighted by Gasteiger charge is 2.45. The fraction of sp³-hybridized carbons (Fsp3) is 0.600. The second kappa shape index (κ2) is 4.58. The molecule has 1 nitrogen and oxygen atoms in total. The summed E-state index contributed by atoms with van der Waals surface area (Å²) in [5.41, 5.74) is 1.76. The summed E-state index contributed by atoms with van der Waals surface area (Å²) in [5.74, 6) is 0.714. The van der Waals surface area contributed by atoms with Crippen molar-refractivity contribution in [2.45, 2.75) is 51.6 Å². The van der Waals surface area contributed by atoms with Crippen LogP contribution in [-0.2, 0) is 5.54 Å². The smallest absolute Gasteiger partial charge is 0.0438 e. The topological polar surface area (TPSA) is 12.0 Å². The molecule has 0 bridgehead atoms. The summed E-state index contributed by atoms with van der Waals surface area (Å²) in [7, 11) is 0. The monoisotopic (exact) mass is 217 g/mol. The molecule has 0 aromatic heterocycles. The number of rotatable bonds is 5. The van der Waals surface area contributed by atoms with Crippen LogP contribution in [0.1, 0.15) is 45.6 Å². The summed E-state index contributed by atoms with van der Waals surface area (Å²) in [6, 6.07) is 11.5. The van der Waals surface area contributed by atoms with Gasteiger partial charge in [0.05, 0.1) is 0 Å². The molecule has 0 radical (unpaired) electrons. The summed E-state index contributed by atoms with van der Waals surface area (Å²) in [6.07, 6.45) is 3.80. The molecular formula is C15H23N. The summed E-state index contributed by atoms with van der Waals surface area (Å²) >= 11 is 0. The maximum absolute atomic E-state index is 3.87. The number of nitrogens with one attached hydrogen (secondary N) is 1. The van der Waals surface area contributed by atoms with E-state index in [1.54, 1.807) is 0 Å². The molecule has 0 spiro atoms. The van der Waals surface area contributed by atoms with Crippen LogP contribution in [-0.4, -0.2) is 6.04 Å². The Morgan fingerprint density at radius 2 is 1.81 bits per heavy atom. The van der Waals surface area contributed by atoms with E-state index in [0.29, 0.717) is 17.5 Å². The molecule has 1 atom stereocenters. The predicted molar refractivity (Wildman–Crippen MR) is 69.4 cm³/mol. The molecule has 1 heteroatoms. The fourth-order valence-corrected chi connectivity index (χ4v) is 2.49. The van der Waals surface area contributed by atoms with Crippen LogP contribution in [0.5, 0.6) is 0 Å². The van der Waals surface area contributed by atoms with E-state index < -0.39 is 0 Å².